The van der Waals surface area contributed by atoms with Crippen molar-refractivity contribution in [2.75, 3.05) is 19.1 Å². The molecule has 0 fully saturated rings. The molecule has 0 amide bonds. The van der Waals surface area contributed by atoms with Gasteiger partial charge in [-0.15, -0.1) is 0 Å². The van der Waals surface area contributed by atoms with Gasteiger partial charge in [0.2, 0.25) is 0 Å². The summed E-state index contributed by atoms with van der Waals surface area (Å²) in [7, 11) is 0.797. The van der Waals surface area contributed by atoms with Gasteiger partial charge in [-0.25, -0.2) is 13.4 Å². The Hall–Kier alpha value is -0.880. The molecule has 1 unspecified atom stereocenters. The number of nitrogens with one attached hydrogen (secondary N) is 1. The number of nitrogens with zero attached hydrogens (tertiary/aromatic N) is 2. The molecule has 1 aromatic heterocycles. The minimum Gasteiger partial charge on any atom is -0.338 e. The molecule has 0 radical (unpaired) electrons. The topological polar surface area (TPSA) is 64.0 Å². The summed E-state index contributed by atoms with van der Waals surface area (Å²) in [6, 6.07) is -0.00769. The summed E-state index contributed by atoms with van der Waals surface area (Å²) >= 11 is 0. The number of imidazole rings is 1. The maximum absolute atomic E-state index is 11.2. The van der Waals surface area contributed by atoms with E-state index in [-0.39, 0.29) is 11.8 Å². The molecule has 0 saturated heterocycles. The molecule has 1 N–H and O–H groups in total. The van der Waals surface area contributed by atoms with Crippen LogP contribution in [0.15, 0.2) is 12.4 Å². The highest BCUT2D eigenvalue weighted by Gasteiger charge is 2.14. The first-order valence-corrected chi connectivity index (χ1v) is 7.29. The van der Waals surface area contributed by atoms with E-state index in [2.05, 4.69) is 10.3 Å². The maximum atomic E-state index is 11.2. The number of hydrogen-bond acceptors (Lipinski definition) is 4. The van der Waals surface area contributed by atoms with Gasteiger partial charge in [-0.05, 0) is 13.5 Å². The van der Waals surface area contributed by atoms with Gasteiger partial charge in [0.25, 0.3) is 0 Å². The molecule has 5 nitrogen and oxygen atoms in total. The molecule has 0 saturated carbocycles. The van der Waals surface area contributed by atoms with Crippen LogP contribution in [0.1, 0.15) is 12.2 Å². The lowest BCUT2D eigenvalue weighted by Gasteiger charge is -2.14. The minimum atomic E-state index is -2.93. The van der Waals surface area contributed by atoms with E-state index in [4.69, 9.17) is 0 Å². The van der Waals surface area contributed by atoms with Gasteiger partial charge >= 0.3 is 0 Å². The Morgan fingerprint density at radius 3 is 2.69 bits per heavy atom. The van der Waals surface area contributed by atoms with E-state index in [9.17, 15) is 8.42 Å². The largest absolute Gasteiger partial charge is 0.338 e. The Morgan fingerprint density at radius 1 is 1.56 bits per heavy atom. The number of hydrogen-bond donors (Lipinski definition) is 1. The van der Waals surface area contributed by atoms with Crippen LogP contribution in [-0.4, -0.2) is 43.1 Å². The summed E-state index contributed by atoms with van der Waals surface area (Å²) in [5.74, 6) is 1.15. The van der Waals surface area contributed by atoms with Crippen LogP contribution >= 0.6 is 0 Å². The van der Waals surface area contributed by atoms with Gasteiger partial charge in [0.1, 0.15) is 15.7 Å². The van der Waals surface area contributed by atoms with E-state index >= 15 is 0 Å². The predicted octanol–water partition coefficient (Wildman–Crippen LogP) is -0.0147. The van der Waals surface area contributed by atoms with Crippen LogP contribution in [0.4, 0.5) is 0 Å². The highest BCUT2D eigenvalue weighted by molar-refractivity contribution is 7.90. The van der Waals surface area contributed by atoms with E-state index in [0.29, 0.717) is 0 Å². The first-order valence-electron chi connectivity index (χ1n) is 5.23. The van der Waals surface area contributed by atoms with Crippen LogP contribution in [0, 0.1) is 0 Å². The van der Waals surface area contributed by atoms with Crippen LogP contribution in [0.5, 0.6) is 0 Å². The van der Waals surface area contributed by atoms with Crippen molar-refractivity contribution in [2.24, 2.45) is 7.05 Å². The van der Waals surface area contributed by atoms with E-state index in [1.807, 2.05) is 17.8 Å². The van der Waals surface area contributed by atoms with E-state index < -0.39 is 9.84 Å². The Labute approximate surface area is 96.8 Å². The van der Waals surface area contributed by atoms with Gasteiger partial charge < -0.3 is 9.88 Å². The summed E-state index contributed by atoms with van der Waals surface area (Å²) in [5, 5.41) is 3.02. The summed E-state index contributed by atoms with van der Waals surface area (Å²) in [5.41, 5.74) is 0. The lowest BCUT2D eigenvalue weighted by molar-refractivity contribution is 0.535. The smallest absolute Gasteiger partial charge is 0.148 e. The summed E-state index contributed by atoms with van der Waals surface area (Å²) in [4.78, 5) is 4.20. The molecule has 92 valence electrons. The fraction of sp³-hybridized carbons (Fsp3) is 0.700. The van der Waals surface area contributed by atoms with E-state index in [1.54, 1.807) is 13.2 Å². The molecule has 0 aromatic carbocycles. The standard InChI is InChI=1S/C10H19N3O2S/c1-11-9(8-16(3,14)15)4-5-10-12-6-7-13(10)2/h6-7,9,11H,4-5,8H2,1-3H3. The van der Waals surface area contributed by atoms with Gasteiger partial charge in [0.15, 0.2) is 0 Å². The van der Waals surface area contributed by atoms with Crippen molar-refractivity contribution in [3.05, 3.63) is 18.2 Å². The van der Waals surface area contributed by atoms with Crippen molar-refractivity contribution in [3.8, 4) is 0 Å². The van der Waals surface area contributed by atoms with Crippen molar-refractivity contribution < 1.29 is 8.42 Å². The Balaban J connectivity index is 2.49. The zero-order valence-electron chi connectivity index (χ0n) is 9.97. The molecule has 0 aliphatic rings. The maximum Gasteiger partial charge on any atom is 0.148 e. The summed E-state index contributed by atoms with van der Waals surface area (Å²) < 4.78 is 24.3. The molecular weight excluding hydrogens is 226 g/mol. The molecule has 1 rings (SSSR count). The van der Waals surface area contributed by atoms with Crippen LogP contribution in [0.25, 0.3) is 0 Å². The molecule has 0 aliphatic carbocycles. The number of sulfone groups is 1. The highest BCUT2D eigenvalue weighted by atomic mass is 32.2. The second kappa shape index (κ2) is 5.45. The number of rotatable bonds is 6. The van der Waals surface area contributed by atoms with Crippen molar-refractivity contribution in [1.29, 1.82) is 0 Å². The Bertz CT molecular complexity index is 425. The first kappa shape index (κ1) is 13.2. The number of aromatic nitrogens is 2. The Kier molecular flexibility index (Phi) is 4.49. The van der Waals surface area contributed by atoms with E-state index in [0.717, 1.165) is 18.7 Å². The van der Waals surface area contributed by atoms with Crippen LogP contribution in [0.3, 0.4) is 0 Å². The third kappa shape index (κ3) is 4.32. The molecule has 0 bridgehead atoms. The minimum absolute atomic E-state index is 0.00769. The van der Waals surface area contributed by atoms with Gasteiger partial charge in [-0.2, -0.15) is 0 Å². The molecule has 1 aromatic rings. The molecule has 16 heavy (non-hydrogen) atoms. The second-order valence-electron chi connectivity index (χ2n) is 4.07. The van der Waals surface area contributed by atoms with Gasteiger partial charge in [-0.3, -0.25) is 0 Å². The van der Waals surface area contributed by atoms with Gasteiger partial charge in [0.05, 0.1) is 5.75 Å². The van der Waals surface area contributed by atoms with Crippen molar-refractivity contribution >= 4 is 9.84 Å². The van der Waals surface area contributed by atoms with Crippen LogP contribution in [-0.2, 0) is 23.3 Å². The number of aryl methyl sites for hydroxylation is 2. The predicted molar refractivity (Wildman–Crippen MR) is 64.1 cm³/mol. The average Bonchev–Trinajstić information content (AvgIpc) is 2.57. The fourth-order valence-corrected chi connectivity index (χ4v) is 2.68. The van der Waals surface area contributed by atoms with Gasteiger partial charge in [0, 0.05) is 38.2 Å². The fourth-order valence-electron chi connectivity index (χ4n) is 1.62. The summed E-state index contributed by atoms with van der Waals surface area (Å²) in [6.45, 7) is 0. The van der Waals surface area contributed by atoms with Crippen LogP contribution < -0.4 is 5.32 Å². The molecule has 0 spiro atoms. The summed E-state index contributed by atoms with van der Waals surface area (Å²) in [6.07, 6.45) is 6.46. The van der Waals surface area contributed by atoms with E-state index in [1.165, 1.54) is 6.26 Å². The Morgan fingerprint density at radius 2 is 2.25 bits per heavy atom. The SMILES string of the molecule is CNC(CCc1nccn1C)CS(C)(=O)=O. The molecule has 6 heteroatoms. The van der Waals surface area contributed by atoms with Crippen LogP contribution in [0.2, 0.25) is 0 Å². The van der Waals surface area contributed by atoms with Crippen molar-refractivity contribution in [1.82, 2.24) is 14.9 Å². The molecule has 1 heterocycles. The zero-order chi connectivity index (χ0) is 12.2. The quantitative estimate of drug-likeness (QED) is 0.765. The normalized spacial score (nSPS) is 13.9. The molecular formula is C10H19N3O2S. The lowest BCUT2D eigenvalue weighted by atomic mass is 10.2. The molecule has 1 atom stereocenters. The average molecular weight is 245 g/mol. The molecule has 0 aliphatic heterocycles. The third-order valence-corrected chi connectivity index (χ3v) is 3.56. The third-order valence-electron chi connectivity index (χ3n) is 2.55. The highest BCUT2D eigenvalue weighted by Crippen LogP contribution is 2.04. The second-order valence-corrected chi connectivity index (χ2v) is 6.26. The zero-order valence-corrected chi connectivity index (χ0v) is 10.8. The lowest BCUT2D eigenvalue weighted by Crippen LogP contribution is -2.33. The van der Waals surface area contributed by atoms with Gasteiger partial charge in [-0.1, -0.05) is 0 Å². The first-order chi connectivity index (χ1) is 7.42. The van der Waals surface area contributed by atoms with Crippen molar-refractivity contribution in [2.45, 2.75) is 18.9 Å². The van der Waals surface area contributed by atoms with Crippen molar-refractivity contribution in [3.63, 3.8) is 0 Å². The monoisotopic (exact) mass is 245 g/mol.